The molecule has 1 aromatic carbocycles. The topological polar surface area (TPSA) is 21.3 Å². The lowest BCUT2D eigenvalue weighted by Gasteiger charge is -2.20. The van der Waals surface area contributed by atoms with Crippen LogP contribution in [0.5, 0.6) is 0 Å². The number of unbranched alkanes of at least 4 members (excludes halogenated alkanes) is 2. The van der Waals surface area contributed by atoms with E-state index in [1.54, 1.807) is 7.11 Å². The maximum absolute atomic E-state index is 5.09. The van der Waals surface area contributed by atoms with Gasteiger partial charge in [0, 0.05) is 20.2 Å². The first-order chi connectivity index (χ1) is 9.29. The molecule has 0 aromatic heterocycles. The maximum Gasteiger partial charge on any atom is 0.0587 e. The molecule has 1 N–H and O–H groups in total. The Balaban J connectivity index is 2.55. The quantitative estimate of drug-likeness (QED) is 0.647. The number of ether oxygens (including phenoxy) is 1. The molecule has 0 aliphatic rings. The van der Waals surface area contributed by atoms with Crippen molar-refractivity contribution in [3.63, 3.8) is 0 Å². The molecule has 0 fully saturated rings. The van der Waals surface area contributed by atoms with Crippen LogP contribution in [0.2, 0.25) is 0 Å². The van der Waals surface area contributed by atoms with Crippen molar-refractivity contribution in [2.24, 2.45) is 0 Å². The van der Waals surface area contributed by atoms with E-state index in [0.717, 1.165) is 19.7 Å². The molecule has 108 valence electrons. The largest absolute Gasteiger partial charge is 0.383 e. The summed E-state index contributed by atoms with van der Waals surface area (Å²) < 4.78 is 5.09. The molecular formula is C17H29NO. The molecule has 0 radical (unpaired) electrons. The monoisotopic (exact) mass is 263 g/mol. The van der Waals surface area contributed by atoms with Crippen molar-refractivity contribution in [2.75, 3.05) is 26.8 Å². The molecule has 0 saturated carbocycles. The molecule has 0 heterocycles. The fourth-order valence-electron chi connectivity index (χ4n) is 2.50. The lowest BCUT2D eigenvalue weighted by Crippen LogP contribution is -2.25. The Morgan fingerprint density at radius 3 is 2.68 bits per heavy atom. The number of methoxy groups -OCH3 is 1. The highest BCUT2D eigenvalue weighted by atomic mass is 16.5. The Morgan fingerprint density at radius 2 is 2.00 bits per heavy atom. The van der Waals surface area contributed by atoms with Gasteiger partial charge in [0.05, 0.1) is 6.61 Å². The summed E-state index contributed by atoms with van der Waals surface area (Å²) in [7, 11) is 1.75. The SMILES string of the molecule is CCCCCC(CNCCOC)c1ccccc1C. The number of nitrogens with one attached hydrogen (secondary N) is 1. The van der Waals surface area contributed by atoms with Crippen LogP contribution in [-0.2, 0) is 4.74 Å². The lowest BCUT2D eigenvalue weighted by molar-refractivity contribution is 0.198. The van der Waals surface area contributed by atoms with Crippen LogP contribution in [0.1, 0.15) is 49.7 Å². The number of aryl methyl sites for hydroxylation is 1. The molecular weight excluding hydrogens is 234 g/mol. The maximum atomic E-state index is 5.09. The third kappa shape index (κ3) is 6.22. The third-order valence-corrected chi connectivity index (χ3v) is 3.66. The van der Waals surface area contributed by atoms with Crippen LogP contribution >= 0.6 is 0 Å². The van der Waals surface area contributed by atoms with E-state index < -0.39 is 0 Å². The second-order valence-corrected chi connectivity index (χ2v) is 5.25. The minimum atomic E-state index is 0.629. The number of benzene rings is 1. The van der Waals surface area contributed by atoms with E-state index in [-0.39, 0.29) is 0 Å². The predicted octanol–water partition coefficient (Wildman–Crippen LogP) is 3.89. The van der Waals surface area contributed by atoms with Gasteiger partial charge in [0.2, 0.25) is 0 Å². The van der Waals surface area contributed by atoms with Gasteiger partial charge in [0.25, 0.3) is 0 Å². The van der Waals surface area contributed by atoms with Crippen LogP contribution in [-0.4, -0.2) is 26.8 Å². The first-order valence-corrected chi connectivity index (χ1v) is 7.54. The summed E-state index contributed by atoms with van der Waals surface area (Å²) in [6.07, 6.45) is 5.22. The first-order valence-electron chi connectivity index (χ1n) is 7.54. The Kier molecular flexibility index (Phi) is 8.52. The van der Waals surface area contributed by atoms with Gasteiger partial charge in [0.15, 0.2) is 0 Å². The second kappa shape index (κ2) is 9.99. The van der Waals surface area contributed by atoms with E-state index in [1.807, 2.05) is 0 Å². The van der Waals surface area contributed by atoms with Gasteiger partial charge in [-0.25, -0.2) is 0 Å². The van der Waals surface area contributed by atoms with Gasteiger partial charge in [-0.05, 0) is 30.4 Å². The van der Waals surface area contributed by atoms with Crippen molar-refractivity contribution in [2.45, 2.75) is 45.4 Å². The fourth-order valence-corrected chi connectivity index (χ4v) is 2.50. The van der Waals surface area contributed by atoms with E-state index in [2.05, 4.69) is 43.4 Å². The van der Waals surface area contributed by atoms with Crippen molar-refractivity contribution >= 4 is 0 Å². The predicted molar refractivity (Wildman–Crippen MR) is 82.8 cm³/mol. The van der Waals surface area contributed by atoms with Crippen LogP contribution in [0.3, 0.4) is 0 Å². The summed E-state index contributed by atoms with van der Waals surface area (Å²) in [6, 6.07) is 8.78. The molecule has 0 spiro atoms. The fraction of sp³-hybridized carbons (Fsp3) is 0.647. The zero-order valence-corrected chi connectivity index (χ0v) is 12.7. The highest BCUT2D eigenvalue weighted by molar-refractivity contribution is 5.29. The Bertz CT molecular complexity index is 338. The summed E-state index contributed by atoms with van der Waals surface area (Å²) >= 11 is 0. The lowest BCUT2D eigenvalue weighted by atomic mass is 9.90. The van der Waals surface area contributed by atoms with E-state index in [9.17, 15) is 0 Å². The summed E-state index contributed by atoms with van der Waals surface area (Å²) in [5.41, 5.74) is 2.92. The van der Waals surface area contributed by atoms with Gasteiger partial charge in [-0.3, -0.25) is 0 Å². The first kappa shape index (κ1) is 16.2. The van der Waals surface area contributed by atoms with Crippen LogP contribution in [0.4, 0.5) is 0 Å². The minimum absolute atomic E-state index is 0.629. The molecule has 0 saturated heterocycles. The van der Waals surface area contributed by atoms with Crippen LogP contribution < -0.4 is 5.32 Å². The van der Waals surface area contributed by atoms with Crippen molar-refractivity contribution < 1.29 is 4.74 Å². The average Bonchev–Trinajstić information content (AvgIpc) is 2.42. The average molecular weight is 263 g/mol. The molecule has 0 amide bonds. The molecule has 0 aliphatic carbocycles. The van der Waals surface area contributed by atoms with Crippen LogP contribution in [0.15, 0.2) is 24.3 Å². The molecule has 1 aromatic rings. The second-order valence-electron chi connectivity index (χ2n) is 5.25. The number of hydrogen-bond donors (Lipinski definition) is 1. The van der Waals surface area contributed by atoms with E-state index in [0.29, 0.717) is 5.92 Å². The number of hydrogen-bond acceptors (Lipinski definition) is 2. The van der Waals surface area contributed by atoms with Gasteiger partial charge >= 0.3 is 0 Å². The van der Waals surface area contributed by atoms with E-state index in [4.69, 9.17) is 4.74 Å². The molecule has 2 nitrogen and oxygen atoms in total. The van der Waals surface area contributed by atoms with Crippen LogP contribution in [0.25, 0.3) is 0 Å². The standard InChI is InChI=1S/C17H29NO/c1-4-5-6-10-16(14-18-12-13-19-3)17-11-8-7-9-15(17)2/h7-9,11,16,18H,4-6,10,12-14H2,1-3H3. The zero-order chi connectivity index (χ0) is 13.9. The Labute approximate surface area is 118 Å². The van der Waals surface area contributed by atoms with Gasteiger partial charge < -0.3 is 10.1 Å². The highest BCUT2D eigenvalue weighted by Crippen LogP contribution is 2.24. The normalized spacial score (nSPS) is 12.6. The molecule has 2 heteroatoms. The van der Waals surface area contributed by atoms with Crippen molar-refractivity contribution in [1.29, 1.82) is 0 Å². The number of rotatable bonds is 10. The van der Waals surface area contributed by atoms with Gasteiger partial charge in [-0.1, -0.05) is 50.5 Å². The van der Waals surface area contributed by atoms with Gasteiger partial charge in [-0.15, -0.1) is 0 Å². The minimum Gasteiger partial charge on any atom is -0.383 e. The Hall–Kier alpha value is -0.860. The Morgan fingerprint density at radius 1 is 1.21 bits per heavy atom. The molecule has 1 rings (SSSR count). The summed E-state index contributed by atoms with van der Waals surface area (Å²) in [5.74, 6) is 0.629. The highest BCUT2D eigenvalue weighted by Gasteiger charge is 2.12. The van der Waals surface area contributed by atoms with E-state index >= 15 is 0 Å². The molecule has 1 unspecified atom stereocenters. The van der Waals surface area contributed by atoms with Crippen molar-refractivity contribution in [1.82, 2.24) is 5.32 Å². The molecule has 0 aliphatic heterocycles. The summed E-state index contributed by atoms with van der Waals surface area (Å²) in [4.78, 5) is 0. The summed E-state index contributed by atoms with van der Waals surface area (Å²) in [6.45, 7) is 7.26. The molecule has 0 bridgehead atoms. The molecule has 19 heavy (non-hydrogen) atoms. The molecule has 1 atom stereocenters. The van der Waals surface area contributed by atoms with Crippen LogP contribution in [0, 0.1) is 6.92 Å². The third-order valence-electron chi connectivity index (χ3n) is 3.66. The van der Waals surface area contributed by atoms with Crippen molar-refractivity contribution in [3.8, 4) is 0 Å². The zero-order valence-electron chi connectivity index (χ0n) is 12.7. The van der Waals surface area contributed by atoms with Crippen molar-refractivity contribution in [3.05, 3.63) is 35.4 Å². The van der Waals surface area contributed by atoms with Gasteiger partial charge in [0.1, 0.15) is 0 Å². The van der Waals surface area contributed by atoms with Gasteiger partial charge in [-0.2, -0.15) is 0 Å². The smallest absolute Gasteiger partial charge is 0.0587 e. The van der Waals surface area contributed by atoms with E-state index in [1.165, 1.54) is 36.8 Å². The summed E-state index contributed by atoms with van der Waals surface area (Å²) in [5, 5.41) is 3.51.